The van der Waals surface area contributed by atoms with Gasteiger partial charge in [0.2, 0.25) is 5.95 Å². The molecule has 1 saturated heterocycles. The first-order chi connectivity index (χ1) is 14.6. The molecule has 1 N–H and O–H groups in total. The Balaban J connectivity index is 1.39. The maximum Gasteiger partial charge on any atom is 0.289 e. The molecule has 1 fully saturated rings. The van der Waals surface area contributed by atoms with Crippen LogP contribution < -0.4 is 10.5 Å². The van der Waals surface area contributed by atoms with Gasteiger partial charge < -0.3 is 14.2 Å². The van der Waals surface area contributed by atoms with E-state index in [0.29, 0.717) is 44.4 Å². The van der Waals surface area contributed by atoms with Crippen LogP contribution in [0.1, 0.15) is 21.8 Å². The first-order valence-corrected chi connectivity index (χ1v) is 9.99. The van der Waals surface area contributed by atoms with Crippen LogP contribution in [-0.2, 0) is 13.1 Å². The molecule has 4 rings (SSSR count). The van der Waals surface area contributed by atoms with Gasteiger partial charge in [0.25, 0.3) is 11.5 Å². The second kappa shape index (κ2) is 8.96. The van der Waals surface area contributed by atoms with Crippen LogP contribution in [0.25, 0.3) is 0 Å². The average molecular weight is 407 g/mol. The van der Waals surface area contributed by atoms with Crippen LogP contribution in [0.2, 0.25) is 0 Å². The summed E-state index contributed by atoms with van der Waals surface area (Å²) in [6.07, 6.45) is 1.50. The van der Waals surface area contributed by atoms with Gasteiger partial charge in [-0.05, 0) is 24.7 Å². The summed E-state index contributed by atoms with van der Waals surface area (Å²) in [7, 11) is 2.01. The normalized spacial score (nSPS) is 14.3. The molecule has 1 aromatic carbocycles. The summed E-state index contributed by atoms with van der Waals surface area (Å²) in [5.41, 5.74) is 1.76. The van der Waals surface area contributed by atoms with Crippen LogP contribution in [0.4, 0.5) is 5.95 Å². The van der Waals surface area contributed by atoms with E-state index in [9.17, 15) is 9.59 Å². The van der Waals surface area contributed by atoms with Crippen molar-refractivity contribution in [3.8, 4) is 0 Å². The lowest BCUT2D eigenvalue weighted by molar-refractivity contribution is 0.0714. The van der Waals surface area contributed by atoms with E-state index in [-0.39, 0.29) is 11.5 Å². The van der Waals surface area contributed by atoms with Crippen molar-refractivity contribution in [2.45, 2.75) is 13.1 Å². The summed E-state index contributed by atoms with van der Waals surface area (Å²) >= 11 is 0. The van der Waals surface area contributed by atoms with Gasteiger partial charge in [0.15, 0.2) is 5.76 Å². The number of carbonyl (C=O) groups excluding carboxylic acids is 1. The topological polar surface area (TPSA) is 85.7 Å². The molecule has 2 aromatic heterocycles. The molecular formula is C22H25N5O3. The Bertz CT molecular complexity index is 1020. The zero-order chi connectivity index (χ0) is 20.9. The highest BCUT2D eigenvalue weighted by molar-refractivity contribution is 5.91. The number of piperazine rings is 1. The smallest absolute Gasteiger partial charge is 0.289 e. The number of benzene rings is 1. The molecule has 3 aromatic rings. The molecule has 0 radical (unpaired) electrons. The molecule has 1 aliphatic rings. The van der Waals surface area contributed by atoms with E-state index in [4.69, 9.17) is 4.42 Å². The van der Waals surface area contributed by atoms with E-state index in [2.05, 4.69) is 27.0 Å². The summed E-state index contributed by atoms with van der Waals surface area (Å²) in [5.74, 6) is 0.784. The van der Waals surface area contributed by atoms with E-state index in [1.54, 1.807) is 23.1 Å². The van der Waals surface area contributed by atoms with Crippen molar-refractivity contribution in [3.05, 3.63) is 82.2 Å². The van der Waals surface area contributed by atoms with Crippen molar-refractivity contribution in [1.29, 1.82) is 0 Å². The predicted octanol–water partition coefficient (Wildman–Crippen LogP) is 1.96. The van der Waals surface area contributed by atoms with Crippen molar-refractivity contribution >= 4 is 11.9 Å². The number of hydrogen-bond donors (Lipinski definition) is 1. The molecule has 0 unspecified atom stereocenters. The second-order valence-corrected chi connectivity index (χ2v) is 7.47. The molecule has 0 bridgehead atoms. The molecule has 0 spiro atoms. The van der Waals surface area contributed by atoms with Crippen LogP contribution in [-0.4, -0.2) is 58.9 Å². The fraction of sp³-hybridized carbons (Fsp3) is 0.318. The minimum Gasteiger partial charge on any atom is -0.459 e. The van der Waals surface area contributed by atoms with Gasteiger partial charge in [-0.15, -0.1) is 0 Å². The highest BCUT2D eigenvalue weighted by Gasteiger charge is 2.25. The number of nitrogens with one attached hydrogen (secondary N) is 1. The standard InChI is InChI=1S/C22H25N5O3/c1-25(15-17-6-3-2-4-7-17)16-18-14-20(28)24-22(23-18)27-11-9-26(10-12-27)21(29)19-8-5-13-30-19/h2-8,13-14H,9-12,15-16H2,1H3,(H,23,24,28). The van der Waals surface area contributed by atoms with Crippen LogP contribution in [0, 0.1) is 0 Å². The number of anilines is 1. The zero-order valence-corrected chi connectivity index (χ0v) is 17.0. The second-order valence-electron chi connectivity index (χ2n) is 7.47. The molecule has 8 heteroatoms. The Morgan fingerprint density at radius 2 is 1.87 bits per heavy atom. The number of amides is 1. The number of rotatable bonds is 6. The van der Waals surface area contributed by atoms with E-state index in [1.807, 2.05) is 30.1 Å². The van der Waals surface area contributed by atoms with Crippen molar-refractivity contribution in [1.82, 2.24) is 19.8 Å². The lowest BCUT2D eigenvalue weighted by Crippen LogP contribution is -2.49. The maximum absolute atomic E-state index is 12.4. The third-order valence-electron chi connectivity index (χ3n) is 5.11. The fourth-order valence-electron chi connectivity index (χ4n) is 3.63. The third-order valence-corrected chi connectivity index (χ3v) is 5.11. The van der Waals surface area contributed by atoms with Crippen molar-refractivity contribution in [3.63, 3.8) is 0 Å². The largest absolute Gasteiger partial charge is 0.459 e. The van der Waals surface area contributed by atoms with Gasteiger partial charge in [-0.25, -0.2) is 4.98 Å². The maximum atomic E-state index is 12.4. The summed E-state index contributed by atoms with van der Waals surface area (Å²) < 4.78 is 5.20. The van der Waals surface area contributed by atoms with Crippen LogP contribution in [0.15, 0.2) is 64.0 Å². The van der Waals surface area contributed by atoms with E-state index < -0.39 is 0 Å². The Kier molecular flexibility index (Phi) is 5.94. The Hall–Kier alpha value is -3.39. The SMILES string of the molecule is CN(Cc1ccccc1)Cc1cc(=O)[nH]c(N2CCN(C(=O)c3ccco3)CC2)n1. The summed E-state index contributed by atoms with van der Waals surface area (Å²) in [5, 5.41) is 0. The molecule has 156 valence electrons. The van der Waals surface area contributed by atoms with E-state index >= 15 is 0 Å². The van der Waals surface area contributed by atoms with Crippen molar-refractivity contribution in [2.75, 3.05) is 38.1 Å². The molecule has 1 aliphatic heterocycles. The minimum atomic E-state index is -0.169. The average Bonchev–Trinajstić information content (AvgIpc) is 3.28. The number of carbonyl (C=O) groups is 1. The molecule has 0 aliphatic carbocycles. The Labute approximate surface area is 174 Å². The van der Waals surface area contributed by atoms with Gasteiger partial charge in [-0.2, -0.15) is 0 Å². The first kappa shape index (κ1) is 19.9. The van der Waals surface area contributed by atoms with Gasteiger partial charge in [0, 0.05) is 45.3 Å². The van der Waals surface area contributed by atoms with E-state index in [1.165, 1.54) is 11.8 Å². The lowest BCUT2D eigenvalue weighted by Gasteiger charge is -2.34. The van der Waals surface area contributed by atoms with Gasteiger partial charge in [-0.3, -0.25) is 19.5 Å². The third kappa shape index (κ3) is 4.77. The van der Waals surface area contributed by atoms with E-state index in [0.717, 1.165) is 12.2 Å². The monoisotopic (exact) mass is 407 g/mol. The van der Waals surface area contributed by atoms with Crippen molar-refractivity contribution < 1.29 is 9.21 Å². The number of aromatic amines is 1. The van der Waals surface area contributed by atoms with Gasteiger partial charge in [-0.1, -0.05) is 30.3 Å². The van der Waals surface area contributed by atoms with Gasteiger partial charge in [0.05, 0.1) is 12.0 Å². The molecule has 8 nitrogen and oxygen atoms in total. The Morgan fingerprint density at radius 1 is 1.10 bits per heavy atom. The quantitative estimate of drug-likeness (QED) is 0.672. The van der Waals surface area contributed by atoms with Crippen molar-refractivity contribution in [2.24, 2.45) is 0 Å². The molecule has 0 atom stereocenters. The molecule has 1 amide bonds. The van der Waals surface area contributed by atoms with Crippen LogP contribution in [0.5, 0.6) is 0 Å². The number of furan rings is 1. The molecular weight excluding hydrogens is 382 g/mol. The van der Waals surface area contributed by atoms with Gasteiger partial charge >= 0.3 is 0 Å². The molecule has 3 heterocycles. The summed E-state index contributed by atoms with van der Waals surface area (Å²) in [4.78, 5) is 38.0. The fourth-order valence-corrected chi connectivity index (χ4v) is 3.63. The lowest BCUT2D eigenvalue weighted by atomic mass is 10.2. The predicted molar refractivity (Wildman–Crippen MR) is 113 cm³/mol. The highest BCUT2D eigenvalue weighted by atomic mass is 16.3. The van der Waals surface area contributed by atoms with Gasteiger partial charge in [0.1, 0.15) is 0 Å². The highest BCUT2D eigenvalue weighted by Crippen LogP contribution is 2.14. The number of hydrogen-bond acceptors (Lipinski definition) is 6. The Morgan fingerprint density at radius 3 is 2.57 bits per heavy atom. The first-order valence-electron chi connectivity index (χ1n) is 9.99. The zero-order valence-electron chi connectivity index (χ0n) is 17.0. The summed E-state index contributed by atoms with van der Waals surface area (Å²) in [6.45, 7) is 3.63. The number of nitrogens with zero attached hydrogens (tertiary/aromatic N) is 4. The molecule has 30 heavy (non-hydrogen) atoms. The number of aromatic nitrogens is 2. The van der Waals surface area contributed by atoms with Crippen LogP contribution in [0.3, 0.4) is 0 Å². The summed E-state index contributed by atoms with van der Waals surface area (Å²) in [6, 6.07) is 15.1. The minimum absolute atomic E-state index is 0.114. The molecule has 0 saturated carbocycles. The van der Waals surface area contributed by atoms with Crippen LogP contribution >= 0.6 is 0 Å². The number of H-pyrrole nitrogens is 1.